The molecule has 0 saturated heterocycles. The predicted octanol–water partition coefficient (Wildman–Crippen LogP) is 19.9. The van der Waals surface area contributed by atoms with Crippen LogP contribution < -0.4 is 0 Å². The first-order valence-corrected chi connectivity index (χ1v) is 42.6. The van der Waals surface area contributed by atoms with Crippen molar-refractivity contribution in [2.24, 2.45) is 10.8 Å². The first-order chi connectivity index (χ1) is 32.1. The molecular formula is C62H73Cl2SiZr. The molecule has 2 unspecified atom stereocenters. The fourth-order valence-corrected chi connectivity index (χ4v) is 45.5. The minimum absolute atomic E-state index is 0.0655. The summed E-state index contributed by atoms with van der Waals surface area (Å²) in [6.45, 7) is 10.1. The van der Waals surface area contributed by atoms with Crippen molar-refractivity contribution in [3.05, 3.63) is 155 Å². The van der Waals surface area contributed by atoms with Crippen LogP contribution in [-0.2, 0) is 15.6 Å². The third-order valence-electron chi connectivity index (χ3n) is 18.2. The van der Waals surface area contributed by atoms with Gasteiger partial charge in [-0.1, -0.05) is 0 Å². The first kappa shape index (κ1) is 46.7. The molecule has 2 fully saturated rings. The number of benzene rings is 6. The van der Waals surface area contributed by atoms with E-state index in [1.807, 2.05) is 0 Å². The molecule has 4 aliphatic rings. The van der Waals surface area contributed by atoms with Crippen LogP contribution >= 0.6 is 17.0 Å². The van der Waals surface area contributed by atoms with Crippen molar-refractivity contribution in [1.29, 1.82) is 0 Å². The van der Waals surface area contributed by atoms with E-state index in [1.165, 1.54) is 169 Å². The van der Waals surface area contributed by atoms with Gasteiger partial charge >= 0.3 is 410 Å². The Morgan fingerprint density at radius 3 is 1.20 bits per heavy atom. The Kier molecular flexibility index (Phi) is 13.5. The number of hydrogen-bond donors (Lipinski definition) is 0. The number of allylic oxidation sites excluding steroid dienone is 2. The number of halogens is 2. The van der Waals surface area contributed by atoms with Gasteiger partial charge in [-0.15, -0.1) is 0 Å². The average Bonchev–Trinajstić information content (AvgIpc) is 3.89. The third-order valence-corrected chi connectivity index (χ3v) is 70.0. The van der Waals surface area contributed by atoms with E-state index >= 15 is 0 Å². The predicted molar refractivity (Wildman–Crippen MR) is 290 cm³/mol. The molecule has 0 bridgehead atoms. The monoisotopic (exact) mass is 1010 g/mol. The van der Waals surface area contributed by atoms with Crippen LogP contribution in [0, 0.1) is 10.8 Å². The Hall–Kier alpha value is -3.00. The van der Waals surface area contributed by atoms with Crippen molar-refractivity contribution >= 4 is 56.6 Å². The zero-order chi connectivity index (χ0) is 45.5. The summed E-state index contributed by atoms with van der Waals surface area (Å²) >= 11 is -5.25. The van der Waals surface area contributed by atoms with Gasteiger partial charge in [-0.2, -0.15) is 0 Å². The van der Waals surface area contributed by atoms with Gasteiger partial charge in [0.1, 0.15) is 0 Å². The van der Waals surface area contributed by atoms with E-state index in [9.17, 15) is 17.0 Å². The molecular weight excluding hydrogens is 935 g/mol. The molecule has 0 aromatic heterocycles. The summed E-state index contributed by atoms with van der Waals surface area (Å²) in [4.78, 5) is 0. The van der Waals surface area contributed by atoms with Gasteiger partial charge in [-0.05, 0) is 0 Å². The van der Waals surface area contributed by atoms with E-state index in [1.54, 1.807) is 11.1 Å². The third kappa shape index (κ3) is 8.27. The van der Waals surface area contributed by atoms with Gasteiger partial charge in [-0.25, -0.2) is 0 Å². The molecule has 10 rings (SSSR count). The fourth-order valence-electron chi connectivity index (χ4n) is 14.2. The molecule has 2 saturated carbocycles. The molecule has 2 atom stereocenters. The second-order valence-electron chi connectivity index (χ2n) is 22.0. The molecule has 6 aromatic rings. The molecule has 0 heterocycles. The van der Waals surface area contributed by atoms with Crippen molar-refractivity contribution in [3.8, 4) is 22.3 Å². The zero-order valence-electron chi connectivity index (χ0n) is 40.4. The van der Waals surface area contributed by atoms with E-state index in [2.05, 4.69) is 160 Å². The SMILES string of the molecule is CCC1(CC2=Cc3c(-c4cccc5ccccc45)cccc3[CH]2[Zr]([Cl])([Cl])([CH]2C(CC3(CC)CCCCCCC3)=Cc3c(-c4cccc5ccccc45)cccc32)[SiH](C)C)CCCCCCC1. The molecule has 0 N–H and O–H groups in total. The van der Waals surface area contributed by atoms with Crippen molar-refractivity contribution in [2.45, 2.75) is 150 Å². The van der Waals surface area contributed by atoms with E-state index in [0.717, 1.165) is 12.8 Å². The van der Waals surface area contributed by atoms with Gasteiger partial charge in [0, 0.05) is 0 Å². The normalized spacial score (nSPS) is 21.5. The molecule has 0 nitrogen and oxygen atoms in total. The van der Waals surface area contributed by atoms with Crippen LogP contribution in [0.15, 0.2) is 132 Å². The van der Waals surface area contributed by atoms with Crippen molar-refractivity contribution in [3.63, 3.8) is 0 Å². The Morgan fingerprint density at radius 1 is 0.455 bits per heavy atom. The van der Waals surface area contributed by atoms with Gasteiger partial charge in [0.25, 0.3) is 0 Å². The Morgan fingerprint density at radius 2 is 0.803 bits per heavy atom. The van der Waals surface area contributed by atoms with E-state index < -0.39 is 21.5 Å². The molecule has 6 aromatic carbocycles. The molecule has 343 valence electrons. The molecule has 0 radical (unpaired) electrons. The molecule has 4 aliphatic carbocycles. The first-order valence-electron chi connectivity index (χ1n) is 26.3. The average molecular weight is 1010 g/mol. The maximum absolute atomic E-state index is 9.46. The summed E-state index contributed by atoms with van der Waals surface area (Å²) < 4.78 is 0.131. The second-order valence-corrected chi connectivity index (χ2v) is 64.5. The zero-order valence-corrected chi connectivity index (χ0v) is 45.5. The molecule has 0 spiro atoms. The van der Waals surface area contributed by atoms with Crippen LogP contribution in [0.5, 0.6) is 0 Å². The van der Waals surface area contributed by atoms with Gasteiger partial charge in [0.05, 0.1) is 0 Å². The van der Waals surface area contributed by atoms with Crippen LogP contribution in [0.3, 0.4) is 0 Å². The Labute approximate surface area is 406 Å². The van der Waals surface area contributed by atoms with Gasteiger partial charge in [0.15, 0.2) is 0 Å². The molecule has 0 amide bonds. The summed E-state index contributed by atoms with van der Waals surface area (Å²) in [7, 11) is 18.9. The van der Waals surface area contributed by atoms with Crippen LogP contribution in [0.4, 0.5) is 0 Å². The van der Waals surface area contributed by atoms with E-state index in [4.69, 9.17) is 0 Å². The van der Waals surface area contributed by atoms with E-state index in [-0.39, 0.29) is 18.1 Å². The van der Waals surface area contributed by atoms with Crippen molar-refractivity contribution in [2.75, 3.05) is 0 Å². The molecule has 0 aliphatic heterocycles. The standard InChI is InChI=1S/2C30H33.C2H7Si.2ClH.Zr/c2*1-2-30(18-8-4-3-5-9-19-30)22-23-20-25-14-11-17-28(29(25)21-23)27-16-10-13-24-12-6-7-15-26(24)27;1-3-2;;;/h2*6-7,10-17,20-21H,2-5,8-9,18-19,22H2,1H3;3H,1-2H3;2*1H;/q;;;;;+2/p-2. The van der Waals surface area contributed by atoms with Crippen molar-refractivity contribution in [1.82, 2.24) is 0 Å². The van der Waals surface area contributed by atoms with Crippen LogP contribution in [-0.4, -0.2) is 5.92 Å². The number of fused-ring (bicyclic) bond motifs is 4. The Balaban J connectivity index is 1.22. The summed E-state index contributed by atoms with van der Waals surface area (Å²) in [5, 5.41) is 5.21. The number of rotatable bonds is 11. The fraction of sp³-hybridized carbons (Fsp3) is 0.419. The van der Waals surface area contributed by atoms with Crippen LogP contribution in [0.2, 0.25) is 13.1 Å². The minimum atomic E-state index is -5.25. The second kappa shape index (κ2) is 19.1. The van der Waals surface area contributed by atoms with Crippen LogP contribution in [0.1, 0.15) is 159 Å². The summed E-state index contributed by atoms with van der Waals surface area (Å²) in [5.41, 5.74) is 14.6. The summed E-state index contributed by atoms with van der Waals surface area (Å²) in [6.07, 6.45) is 28.7. The molecule has 4 heteroatoms. The summed E-state index contributed by atoms with van der Waals surface area (Å²) in [6, 6.07) is 46.1. The van der Waals surface area contributed by atoms with Gasteiger partial charge < -0.3 is 0 Å². The quantitative estimate of drug-likeness (QED) is 0.113. The number of hydrogen-bond acceptors (Lipinski definition) is 0. The molecule has 66 heavy (non-hydrogen) atoms. The van der Waals surface area contributed by atoms with E-state index in [0.29, 0.717) is 0 Å². The maximum atomic E-state index is 9.46. The topological polar surface area (TPSA) is 0 Å². The van der Waals surface area contributed by atoms with Gasteiger partial charge in [0.2, 0.25) is 0 Å². The van der Waals surface area contributed by atoms with Gasteiger partial charge in [-0.3, -0.25) is 0 Å². The van der Waals surface area contributed by atoms with Crippen molar-refractivity contribution < 1.29 is 15.6 Å². The Bertz CT molecular complexity index is 2600. The van der Waals surface area contributed by atoms with Crippen LogP contribution in [0.25, 0.3) is 56.0 Å². The summed E-state index contributed by atoms with van der Waals surface area (Å²) in [5.74, 6) is -1.83.